The number of halogens is 2. The fourth-order valence-corrected chi connectivity index (χ4v) is 1.97. The van der Waals surface area contributed by atoms with Crippen LogP contribution in [0.25, 0.3) is 0 Å². The molecule has 1 heterocycles. The van der Waals surface area contributed by atoms with Crippen LogP contribution in [0.4, 0.5) is 0 Å². The summed E-state index contributed by atoms with van der Waals surface area (Å²) in [4.78, 5) is 7.80. The number of aromatic nitrogens is 2. The number of benzene rings is 1. The van der Waals surface area contributed by atoms with Crippen molar-refractivity contribution in [1.82, 2.24) is 9.97 Å². The van der Waals surface area contributed by atoms with E-state index >= 15 is 0 Å². The van der Waals surface area contributed by atoms with E-state index in [4.69, 9.17) is 27.9 Å². The molecule has 0 radical (unpaired) electrons. The Bertz CT molecular complexity index is 600. The minimum atomic E-state index is 0.109. The van der Waals surface area contributed by atoms with E-state index in [-0.39, 0.29) is 11.2 Å². The van der Waals surface area contributed by atoms with E-state index in [0.29, 0.717) is 10.9 Å². The van der Waals surface area contributed by atoms with Crippen molar-refractivity contribution in [3.05, 3.63) is 45.8 Å². The van der Waals surface area contributed by atoms with Crippen molar-refractivity contribution in [3.63, 3.8) is 0 Å². The maximum Gasteiger partial charge on any atom is 0.242 e. The third-order valence-electron chi connectivity index (χ3n) is 2.68. The normalized spacial score (nSPS) is 10.8. The highest BCUT2D eigenvalue weighted by Crippen LogP contribution is 2.33. The Morgan fingerprint density at radius 2 is 1.95 bits per heavy atom. The molecule has 0 fully saturated rings. The first-order valence-corrected chi connectivity index (χ1v) is 6.69. The van der Waals surface area contributed by atoms with Gasteiger partial charge in [0, 0.05) is 0 Å². The predicted molar refractivity (Wildman–Crippen MR) is 77.4 cm³/mol. The topological polar surface area (TPSA) is 35.0 Å². The zero-order chi connectivity index (χ0) is 14.0. The Morgan fingerprint density at radius 1 is 1.21 bits per heavy atom. The molecule has 0 saturated carbocycles. The van der Waals surface area contributed by atoms with Crippen LogP contribution in [-0.2, 0) is 0 Å². The van der Waals surface area contributed by atoms with Crippen molar-refractivity contribution in [2.24, 2.45) is 0 Å². The lowest BCUT2D eigenvalue weighted by Crippen LogP contribution is -1.97. The highest BCUT2D eigenvalue weighted by Gasteiger charge is 2.12. The lowest BCUT2D eigenvalue weighted by molar-refractivity contribution is 0.453. The van der Waals surface area contributed by atoms with Crippen molar-refractivity contribution in [2.75, 3.05) is 0 Å². The summed E-state index contributed by atoms with van der Waals surface area (Å²) in [6.45, 7) is 6.21. The van der Waals surface area contributed by atoms with Gasteiger partial charge in [0.15, 0.2) is 0 Å². The fraction of sp³-hybridized carbons (Fsp3) is 0.286. The highest BCUT2D eigenvalue weighted by molar-refractivity contribution is 6.32. The number of hydrogen-bond acceptors (Lipinski definition) is 3. The molecule has 1 aromatic heterocycles. The number of ether oxygens (including phenoxy) is 1. The van der Waals surface area contributed by atoms with Crippen molar-refractivity contribution in [2.45, 2.75) is 26.7 Å². The molecule has 5 heteroatoms. The Morgan fingerprint density at radius 3 is 2.63 bits per heavy atom. The first-order valence-electron chi connectivity index (χ1n) is 5.94. The monoisotopic (exact) mass is 296 g/mol. The molecule has 0 spiro atoms. The van der Waals surface area contributed by atoms with Crippen LogP contribution in [0, 0.1) is 6.92 Å². The summed E-state index contributed by atoms with van der Waals surface area (Å²) in [5.74, 6) is 1.35. The van der Waals surface area contributed by atoms with Crippen LogP contribution in [0.15, 0.2) is 24.4 Å². The Hall–Kier alpha value is -1.32. The number of rotatable bonds is 3. The molecular weight excluding hydrogens is 283 g/mol. The van der Waals surface area contributed by atoms with Crippen LogP contribution in [0.5, 0.6) is 11.6 Å². The maximum atomic E-state index is 6.01. The summed E-state index contributed by atoms with van der Waals surface area (Å²) in [7, 11) is 0. The number of nitrogens with zero attached hydrogens (tertiary/aromatic N) is 2. The van der Waals surface area contributed by atoms with Gasteiger partial charge in [0.05, 0.1) is 6.20 Å². The van der Waals surface area contributed by atoms with Crippen molar-refractivity contribution < 1.29 is 4.74 Å². The average molecular weight is 297 g/mol. The van der Waals surface area contributed by atoms with Gasteiger partial charge in [-0.2, -0.15) is 4.98 Å². The van der Waals surface area contributed by atoms with Crippen molar-refractivity contribution in [1.29, 1.82) is 0 Å². The van der Waals surface area contributed by atoms with E-state index < -0.39 is 0 Å². The third-order valence-corrected chi connectivity index (χ3v) is 3.12. The summed E-state index contributed by atoms with van der Waals surface area (Å²) in [5.41, 5.74) is 2.20. The van der Waals surface area contributed by atoms with Crippen LogP contribution >= 0.6 is 23.2 Å². The molecule has 19 heavy (non-hydrogen) atoms. The summed E-state index contributed by atoms with van der Waals surface area (Å²) in [5, 5.41) is 0.443. The Labute approximate surface area is 122 Å². The largest absolute Gasteiger partial charge is 0.437 e. The minimum absolute atomic E-state index is 0.109. The Kier molecular flexibility index (Phi) is 4.27. The molecule has 0 bridgehead atoms. The van der Waals surface area contributed by atoms with E-state index in [1.165, 1.54) is 6.20 Å². The molecule has 0 saturated heterocycles. The molecule has 0 N–H and O–H groups in total. The third kappa shape index (κ3) is 3.37. The van der Waals surface area contributed by atoms with Crippen LogP contribution in [0.1, 0.15) is 30.9 Å². The van der Waals surface area contributed by atoms with E-state index in [9.17, 15) is 0 Å². The molecule has 0 aliphatic heterocycles. The molecule has 3 nitrogen and oxygen atoms in total. The number of hydrogen-bond donors (Lipinski definition) is 0. The fourth-order valence-electron chi connectivity index (χ4n) is 1.71. The van der Waals surface area contributed by atoms with Gasteiger partial charge in [0.2, 0.25) is 11.2 Å². The zero-order valence-corrected chi connectivity index (χ0v) is 12.5. The molecule has 2 aromatic rings. The highest BCUT2D eigenvalue weighted by atomic mass is 35.5. The van der Waals surface area contributed by atoms with Gasteiger partial charge in [0.25, 0.3) is 0 Å². The van der Waals surface area contributed by atoms with Crippen LogP contribution < -0.4 is 4.74 Å². The van der Waals surface area contributed by atoms with Gasteiger partial charge >= 0.3 is 0 Å². The van der Waals surface area contributed by atoms with Gasteiger partial charge < -0.3 is 4.74 Å². The summed E-state index contributed by atoms with van der Waals surface area (Å²) in [6.07, 6.45) is 1.43. The van der Waals surface area contributed by atoms with E-state index in [1.54, 1.807) is 0 Å². The second-order valence-corrected chi connectivity index (χ2v) is 5.34. The molecule has 0 unspecified atom stereocenters. The standard InChI is InChI=1S/C14H14Cl2N2O/c1-8(2)10-5-4-9(3)6-12(10)19-13-11(15)7-17-14(16)18-13/h4-8H,1-3H3. The molecule has 100 valence electrons. The van der Waals surface area contributed by atoms with Crippen LogP contribution in [-0.4, -0.2) is 9.97 Å². The van der Waals surface area contributed by atoms with Gasteiger partial charge in [0.1, 0.15) is 10.8 Å². The lowest BCUT2D eigenvalue weighted by atomic mass is 10.0. The molecular formula is C14H14Cl2N2O. The van der Waals surface area contributed by atoms with E-state index in [2.05, 4.69) is 29.9 Å². The summed E-state index contributed by atoms with van der Waals surface area (Å²) < 4.78 is 5.80. The van der Waals surface area contributed by atoms with E-state index in [1.807, 2.05) is 19.1 Å². The zero-order valence-electron chi connectivity index (χ0n) is 10.9. The van der Waals surface area contributed by atoms with Gasteiger partial charge in [-0.3, -0.25) is 0 Å². The van der Waals surface area contributed by atoms with Gasteiger partial charge in [-0.25, -0.2) is 4.98 Å². The second kappa shape index (κ2) is 5.76. The first-order chi connectivity index (χ1) is 8.97. The molecule has 1 aromatic carbocycles. The van der Waals surface area contributed by atoms with Crippen LogP contribution in [0.2, 0.25) is 10.3 Å². The van der Waals surface area contributed by atoms with Gasteiger partial charge in [-0.15, -0.1) is 0 Å². The molecule has 0 aliphatic rings. The smallest absolute Gasteiger partial charge is 0.242 e. The molecule has 0 aliphatic carbocycles. The van der Waals surface area contributed by atoms with Crippen molar-refractivity contribution >= 4 is 23.2 Å². The van der Waals surface area contributed by atoms with Crippen molar-refractivity contribution in [3.8, 4) is 11.6 Å². The second-order valence-electron chi connectivity index (χ2n) is 4.59. The Balaban J connectivity index is 2.42. The SMILES string of the molecule is Cc1ccc(C(C)C)c(Oc2nc(Cl)ncc2Cl)c1. The average Bonchev–Trinajstić information content (AvgIpc) is 2.33. The molecule has 0 atom stereocenters. The lowest BCUT2D eigenvalue weighted by Gasteiger charge is -2.14. The first kappa shape index (κ1) is 14.1. The predicted octanol–water partition coefficient (Wildman–Crippen LogP) is 5.01. The summed E-state index contributed by atoms with van der Waals surface area (Å²) in [6, 6.07) is 6.06. The van der Waals surface area contributed by atoms with Gasteiger partial charge in [-0.1, -0.05) is 37.6 Å². The molecule has 0 amide bonds. The maximum absolute atomic E-state index is 6.01. The molecule has 2 rings (SSSR count). The quantitative estimate of drug-likeness (QED) is 0.747. The van der Waals surface area contributed by atoms with E-state index in [0.717, 1.165) is 16.9 Å². The summed E-state index contributed by atoms with van der Waals surface area (Å²) >= 11 is 11.8. The minimum Gasteiger partial charge on any atom is -0.437 e. The van der Waals surface area contributed by atoms with Crippen LogP contribution in [0.3, 0.4) is 0 Å². The van der Waals surface area contributed by atoms with Gasteiger partial charge in [-0.05, 0) is 41.6 Å². The number of aryl methyl sites for hydroxylation is 1.